The molecule has 1 heterocycles. The van der Waals surface area contributed by atoms with Gasteiger partial charge in [0.05, 0.1) is 18.2 Å². The lowest BCUT2D eigenvalue weighted by Crippen LogP contribution is -2.32. The zero-order valence-corrected chi connectivity index (χ0v) is 11.2. The molecule has 4 nitrogen and oxygen atoms in total. The normalized spacial score (nSPS) is 19.8. The van der Waals surface area contributed by atoms with E-state index in [9.17, 15) is 4.79 Å². The van der Waals surface area contributed by atoms with E-state index in [0.29, 0.717) is 29.7 Å². The first-order valence-corrected chi connectivity index (χ1v) is 6.82. The summed E-state index contributed by atoms with van der Waals surface area (Å²) in [5.74, 6) is 1.22. The molecule has 0 amide bonds. The molecule has 0 spiro atoms. The van der Waals surface area contributed by atoms with Crippen molar-refractivity contribution in [2.75, 3.05) is 13.2 Å². The van der Waals surface area contributed by atoms with Crippen LogP contribution in [0, 0.1) is 0 Å². The van der Waals surface area contributed by atoms with Gasteiger partial charge in [-0.3, -0.25) is 0 Å². The number of fused-ring (bicyclic) bond motifs is 1. The van der Waals surface area contributed by atoms with Crippen molar-refractivity contribution in [3.05, 3.63) is 22.7 Å². The number of nitrogens with zero attached hydrogens (tertiary/aromatic N) is 1. The zero-order chi connectivity index (χ0) is 13.3. The minimum Gasteiger partial charge on any atom is -0.489 e. The third-order valence-corrected chi connectivity index (χ3v) is 4.08. The van der Waals surface area contributed by atoms with E-state index in [0.717, 1.165) is 31.2 Å². The van der Waals surface area contributed by atoms with Crippen molar-refractivity contribution in [3.8, 4) is 11.5 Å². The molecule has 0 N–H and O–H groups in total. The number of halogens is 1. The third kappa shape index (κ3) is 2.01. The summed E-state index contributed by atoms with van der Waals surface area (Å²) in [4.78, 5) is 14.7. The van der Waals surface area contributed by atoms with Gasteiger partial charge in [-0.1, -0.05) is 17.7 Å². The zero-order valence-electron chi connectivity index (χ0n) is 10.4. The summed E-state index contributed by atoms with van der Waals surface area (Å²) in [7, 11) is 0. The summed E-state index contributed by atoms with van der Waals surface area (Å²) in [6.45, 7) is 1.17. The van der Waals surface area contributed by atoms with Gasteiger partial charge in [0.15, 0.2) is 11.5 Å². The van der Waals surface area contributed by atoms with Crippen molar-refractivity contribution in [1.29, 1.82) is 0 Å². The Kier molecular flexibility index (Phi) is 3.21. The fourth-order valence-electron chi connectivity index (χ4n) is 2.63. The van der Waals surface area contributed by atoms with Crippen molar-refractivity contribution in [2.45, 2.75) is 31.2 Å². The number of hydrogen-bond donors (Lipinski definition) is 0. The second kappa shape index (κ2) is 4.87. The van der Waals surface area contributed by atoms with Crippen molar-refractivity contribution in [2.24, 2.45) is 4.99 Å². The quantitative estimate of drug-likeness (QED) is 0.617. The molecule has 0 saturated heterocycles. The second-order valence-electron chi connectivity index (χ2n) is 4.89. The summed E-state index contributed by atoms with van der Waals surface area (Å²) in [5.41, 5.74) is 0.396. The summed E-state index contributed by atoms with van der Waals surface area (Å²) >= 11 is 6.16. The predicted molar refractivity (Wildman–Crippen MR) is 70.7 cm³/mol. The van der Waals surface area contributed by atoms with E-state index in [-0.39, 0.29) is 0 Å². The minimum atomic E-state index is -0.496. The Hall–Kier alpha value is -1.51. The smallest absolute Gasteiger partial charge is 0.235 e. The van der Waals surface area contributed by atoms with Gasteiger partial charge in [0.1, 0.15) is 5.54 Å². The van der Waals surface area contributed by atoms with Crippen LogP contribution in [0.3, 0.4) is 0 Å². The largest absolute Gasteiger partial charge is 0.489 e. The number of aliphatic imine (C=N–C) groups is 1. The van der Waals surface area contributed by atoms with Crippen LogP contribution in [-0.4, -0.2) is 19.3 Å². The first-order chi connectivity index (χ1) is 9.27. The lowest BCUT2D eigenvalue weighted by atomic mass is 9.72. The highest BCUT2D eigenvalue weighted by atomic mass is 35.5. The van der Waals surface area contributed by atoms with E-state index in [4.69, 9.17) is 21.1 Å². The molecule has 100 valence electrons. The van der Waals surface area contributed by atoms with Crippen LogP contribution in [-0.2, 0) is 10.3 Å². The SMILES string of the molecule is O=C=NC1(c2ccc(Cl)c3c2OCCCO3)CCC1. The van der Waals surface area contributed by atoms with Crippen molar-refractivity contribution in [3.63, 3.8) is 0 Å². The Morgan fingerprint density at radius 1 is 1.16 bits per heavy atom. The van der Waals surface area contributed by atoms with E-state index >= 15 is 0 Å². The summed E-state index contributed by atoms with van der Waals surface area (Å²) < 4.78 is 11.5. The van der Waals surface area contributed by atoms with Gasteiger partial charge in [-0.05, 0) is 25.3 Å². The van der Waals surface area contributed by atoms with Crippen LogP contribution in [0.2, 0.25) is 5.02 Å². The average Bonchev–Trinajstić information content (AvgIpc) is 2.61. The Morgan fingerprint density at radius 3 is 2.53 bits per heavy atom. The summed E-state index contributed by atoms with van der Waals surface area (Å²) in [5, 5.41) is 0.533. The van der Waals surface area contributed by atoms with Crippen LogP contribution in [0.5, 0.6) is 11.5 Å². The molecule has 1 fully saturated rings. The van der Waals surface area contributed by atoms with Crippen molar-refractivity contribution in [1.82, 2.24) is 0 Å². The van der Waals surface area contributed by atoms with E-state index in [2.05, 4.69) is 4.99 Å². The maximum atomic E-state index is 10.7. The number of benzene rings is 1. The highest BCUT2D eigenvalue weighted by molar-refractivity contribution is 6.32. The molecule has 1 aliphatic carbocycles. The Morgan fingerprint density at radius 2 is 1.89 bits per heavy atom. The van der Waals surface area contributed by atoms with Gasteiger partial charge < -0.3 is 9.47 Å². The number of carbonyl (C=O) groups excluding carboxylic acids is 1. The predicted octanol–water partition coefficient (Wildman–Crippen LogP) is 3.22. The van der Waals surface area contributed by atoms with Crippen molar-refractivity contribution < 1.29 is 14.3 Å². The van der Waals surface area contributed by atoms with Gasteiger partial charge >= 0.3 is 0 Å². The van der Waals surface area contributed by atoms with E-state index in [1.165, 1.54) is 0 Å². The number of rotatable bonds is 2. The molecule has 0 aromatic heterocycles. The molecule has 0 atom stereocenters. The third-order valence-electron chi connectivity index (χ3n) is 3.79. The Balaban J connectivity index is 2.14. The molecule has 1 aromatic carbocycles. The summed E-state index contributed by atoms with van der Waals surface area (Å²) in [6.07, 6.45) is 5.22. The average molecular weight is 280 g/mol. The van der Waals surface area contributed by atoms with Crippen LogP contribution in [0.1, 0.15) is 31.2 Å². The van der Waals surface area contributed by atoms with Gasteiger partial charge in [-0.15, -0.1) is 0 Å². The first kappa shape index (κ1) is 12.5. The van der Waals surface area contributed by atoms with Gasteiger partial charge in [0.2, 0.25) is 6.08 Å². The second-order valence-corrected chi connectivity index (χ2v) is 5.30. The number of ether oxygens (including phenoxy) is 2. The van der Waals surface area contributed by atoms with Gasteiger partial charge in [0, 0.05) is 12.0 Å². The van der Waals surface area contributed by atoms with Crippen molar-refractivity contribution >= 4 is 17.7 Å². The fourth-order valence-corrected chi connectivity index (χ4v) is 2.83. The maximum absolute atomic E-state index is 10.7. The van der Waals surface area contributed by atoms with Crippen LogP contribution in [0.4, 0.5) is 0 Å². The van der Waals surface area contributed by atoms with Crippen LogP contribution < -0.4 is 9.47 Å². The molecule has 5 heteroatoms. The molecule has 1 saturated carbocycles. The number of hydrogen-bond acceptors (Lipinski definition) is 4. The van der Waals surface area contributed by atoms with E-state index < -0.39 is 5.54 Å². The van der Waals surface area contributed by atoms with Crippen LogP contribution in [0.25, 0.3) is 0 Å². The molecule has 0 radical (unpaired) electrons. The molecular formula is C14H14ClNO3. The Bertz CT molecular complexity index is 548. The maximum Gasteiger partial charge on any atom is 0.235 e. The molecule has 2 aliphatic rings. The molecule has 1 aromatic rings. The lowest BCUT2D eigenvalue weighted by Gasteiger charge is -2.38. The standard InChI is InChI=1S/C14H14ClNO3/c15-11-4-3-10(14(16-9-17)5-1-6-14)12-13(11)19-8-2-7-18-12/h3-4H,1-2,5-8H2. The topological polar surface area (TPSA) is 47.9 Å². The van der Waals surface area contributed by atoms with E-state index in [1.807, 2.05) is 6.07 Å². The van der Waals surface area contributed by atoms with Gasteiger partial charge in [0.25, 0.3) is 0 Å². The molecule has 3 rings (SSSR count). The van der Waals surface area contributed by atoms with Gasteiger partial charge in [-0.25, -0.2) is 4.79 Å². The molecule has 19 heavy (non-hydrogen) atoms. The number of isocyanates is 1. The highest BCUT2D eigenvalue weighted by Crippen LogP contribution is 2.52. The van der Waals surface area contributed by atoms with E-state index in [1.54, 1.807) is 12.1 Å². The van der Waals surface area contributed by atoms with Gasteiger partial charge in [-0.2, -0.15) is 4.99 Å². The monoisotopic (exact) mass is 279 g/mol. The fraction of sp³-hybridized carbons (Fsp3) is 0.500. The molecule has 0 unspecified atom stereocenters. The van der Waals surface area contributed by atoms with Crippen LogP contribution in [0.15, 0.2) is 17.1 Å². The molecular weight excluding hydrogens is 266 g/mol. The minimum absolute atomic E-state index is 0.496. The first-order valence-electron chi connectivity index (χ1n) is 6.44. The Labute approximate surface area is 116 Å². The molecule has 1 aliphatic heterocycles. The van der Waals surface area contributed by atoms with Crippen LogP contribution >= 0.6 is 11.6 Å². The highest BCUT2D eigenvalue weighted by Gasteiger charge is 2.42. The summed E-state index contributed by atoms with van der Waals surface area (Å²) in [6, 6.07) is 3.67. The lowest BCUT2D eigenvalue weighted by molar-refractivity contribution is 0.238. The molecule has 0 bridgehead atoms.